The lowest BCUT2D eigenvalue weighted by molar-refractivity contribution is -0.387. The predicted molar refractivity (Wildman–Crippen MR) is 62.7 cm³/mol. The van der Waals surface area contributed by atoms with Gasteiger partial charge in [-0.25, -0.2) is 0 Å². The van der Waals surface area contributed by atoms with Crippen LogP contribution in [0.3, 0.4) is 0 Å². The van der Waals surface area contributed by atoms with Gasteiger partial charge in [0.05, 0.1) is 4.92 Å². The molecule has 1 unspecified atom stereocenters. The standard InChI is InChI=1S/C12H13FN2O3/c1-8-4-5-14(7-8)12(16)9-2-3-10(13)11(6-9)15(17)18/h2-3,6,8H,4-5,7H2,1H3. The summed E-state index contributed by atoms with van der Waals surface area (Å²) in [5.74, 6) is -0.766. The second kappa shape index (κ2) is 4.72. The molecule has 5 nitrogen and oxygen atoms in total. The quantitative estimate of drug-likeness (QED) is 0.598. The normalized spacial score (nSPS) is 19.0. The van der Waals surface area contributed by atoms with E-state index in [0.717, 1.165) is 18.6 Å². The number of benzene rings is 1. The monoisotopic (exact) mass is 252 g/mol. The molecule has 1 saturated heterocycles. The van der Waals surface area contributed by atoms with Crippen LogP contribution in [0.5, 0.6) is 0 Å². The second-order valence-electron chi connectivity index (χ2n) is 4.57. The van der Waals surface area contributed by atoms with Gasteiger partial charge in [0.1, 0.15) is 0 Å². The van der Waals surface area contributed by atoms with E-state index in [2.05, 4.69) is 0 Å². The molecule has 1 aromatic carbocycles. The van der Waals surface area contributed by atoms with E-state index in [0.29, 0.717) is 19.0 Å². The van der Waals surface area contributed by atoms with E-state index < -0.39 is 16.4 Å². The van der Waals surface area contributed by atoms with E-state index in [1.54, 1.807) is 4.90 Å². The number of hydrogen-bond acceptors (Lipinski definition) is 3. The molecule has 1 aromatic rings. The zero-order valence-corrected chi connectivity index (χ0v) is 9.93. The number of amides is 1. The van der Waals surface area contributed by atoms with Crippen LogP contribution in [-0.2, 0) is 0 Å². The van der Waals surface area contributed by atoms with Gasteiger partial charge in [-0.2, -0.15) is 4.39 Å². The van der Waals surface area contributed by atoms with Crippen molar-refractivity contribution >= 4 is 11.6 Å². The Morgan fingerprint density at radius 1 is 1.56 bits per heavy atom. The summed E-state index contributed by atoms with van der Waals surface area (Å²) in [6.45, 7) is 3.33. The lowest BCUT2D eigenvalue weighted by Crippen LogP contribution is -2.28. The minimum Gasteiger partial charge on any atom is -0.338 e. The molecule has 1 aliphatic heterocycles. The van der Waals surface area contributed by atoms with Crippen molar-refractivity contribution in [1.82, 2.24) is 4.90 Å². The maximum Gasteiger partial charge on any atom is 0.305 e. The summed E-state index contributed by atoms with van der Waals surface area (Å²) in [5, 5.41) is 10.6. The van der Waals surface area contributed by atoms with Gasteiger partial charge >= 0.3 is 5.69 Å². The Hall–Kier alpha value is -1.98. The highest BCUT2D eigenvalue weighted by atomic mass is 19.1. The molecular formula is C12H13FN2O3. The predicted octanol–water partition coefficient (Wildman–Crippen LogP) is 2.22. The maximum absolute atomic E-state index is 13.2. The largest absolute Gasteiger partial charge is 0.338 e. The van der Waals surface area contributed by atoms with E-state index >= 15 is 0 Å². The molecule has 0 radical (unpaired) electrons. The molecule has 2 rings (SSSR count). The van der Waals surface area contributed by atoms with Crippen LogP contribution >= 0.6 is 0 Å². The Morgan fingerprint density at radius 3 is 2.83 bits per heavy atom. The van der Waals surface area contributed by atoms with E-state index in [9.17, 15) is 19.3 Å². The number of nitro benzene ring substituents is 1. The molecule has 1 aliphatic rings. The Labute approximate surface area is 103 Å². The number of likely N-dealkylation sites (tertiary alicyclic amines) is 1. The van der Waals surface area contributed by atoms with Crippen LogP contribution < -0.4 is 0 Å². The lowest BCUT2D eigenvalue weighted by Gasteiger charge is -2.15. The molecular weight excluding hydrogens is 239 g/mol. The Bertz CT molecular complexity index is 504. The molecule has 96 valence electrons. The average Bonchev–Trinajstić information content (AvgIpc) is 2.75. The summed E-state index contributed by atoms with van der Waals surface area (Å²) in [4.78, 5) is 23.5. The number of halogens is 1. The molecule has 0 aromatic heterocycles. The Kier molecular flexibility index (Phi) is 3.27. The van der Waals surface area contributed by atoms with Crippen LogP contribution in [0.4, 0.5) is 10.1 Å². The molecule has 0 bridgehead atoms. The van der Waals surface area contributed by atoms with Crippen LogP contribution in [0.15, 0.2) is 18.2 Å². The highest BCUT2D eigenvalue weighted by Gasteiger charge is 2.26. The minimum absolute atomic E-state index is 0.164. The summed E-state index contributed by atoms with van der Waals surface area (Å²) < 4.78 is 13.2. The third-order valence-corrected chi connectivity index (χ3v) is 3.10. The van der Waals surface area contributed by atoms with Gasteiger partial charge < -0.3 is 4.90 Å². The topological polar surface area (TPSA) is 63.5 Å². The van der Waals surface area contributed by atoms with Crippen molar-refractivity contribution in [1.29, 1.82) is 0 Å². The van der Waals surface area contributed by atoms with Crippen molar-refractivity contribution in [2.75, 3.05) is 13.1 Å². The van der Waals surface area contributed by atoms with Gasteiger partial charge in [0.15, 0.2) is 0 Å². The van der Waals surface area contributed by atoms with Crippen molar-refractivity contribution in [3.05, 3.63) is 39.7 Å². The fraction of sp³-hybridized carbons (Fsp3) is 0.417. The van der Waals surface area contributed by atoms with E-state index in [-0.39, 0.29) is 11.5 Å². The summed E-state index contributed by atoms with van der Waals surface area (Å²) in [6, 6.07) is 3.25. The molecule has 0 spiro atoms. The third-order valence-electron chi connectivity index (χ3n) is 3.10. The maximum atomic E-state index is 13.2. The molecule has 0 N–H and O–H groups in total. The van der Waals surface area contributed by atoms with Crippen molar-refractivity contribution < 1.29 is 14.1 Å². The number of hydrogen-bond donors (Lipinski definition) is 0. The summed E-state index contributed by atoms with van der Waals surface area (Å²) in [6.07, 6.45) is 0.926. The van der Waals surface area contributed by atoms with Gasteiger partial charge in [-0.1, -0.05) is 6.92 Å². The Morgan fingerprint density at radius 2 is 2.28 bits per heavy atom. The smallest absolute Gasteiger partial charge is 0.305 e. The first-order valence-corrected chi connectivity index (χ1v) is 5.72. The van der Waals surface area contributed by atoms with E-state index in [1.165, 1.54) is 6.07 Å². The van der Waals surface area contributed by atoms with Gasteiger partial charge in [0.2, 0.25) is 5.82 Å². The first kappa shape index (κ1) is 12.5. The van der Waals surface area contributed by atoms with Crippen molar-refractivity contribution in [3.8, 4) is 0 Å². The van der Waals surface area contributed by atoms with E-state index in [4.69, 9.17) is 0 Å². The highest BCUT2D eigenvalue weighted by Crippen LogP contribution is 2.22. The average molecular weight is 252 g/mol. The van der Waals surface area contributed by atoms with Crippen molar-refractivity contribution in [2.24, 2.45) is 5.92 Å². The first-order chi connectivity index (χ1) is 8.49. The highest BCUT2D eigenvalue weighted by molar-refractivity contribution is 5.95. The van der Waals surface area contributed by atoms with Crippen molar-refractivity contribution in [2.45, 2.75) is 13.3 Å². The third kappa shape index (κ3) is 2.32. The summed E-state index contributed by atoms with van der Waals surface area (Å²) in [7, 11) is 0. The molecule has 1 fully saturated rings. The molecule has 0 saturated carbocycles. The first-order valence-electron chi connectivity index (χ1n) is 5.72. The number of nitrogens with zero attached hydrogens (tertiary/aromatic N) is 2. The van der Waals surface area contributed by atoms with Crippen LogP contribution in [0.1, 0.15) is 23.7 Å². The summed E-state index contributed by atoms with van der Waals surface area (Å²) in [5.41, 5.74) is -0.495. The van der Waals surface area contributed by atoms with Crippen LogP contribution in [0, 0.1) is 21.8 Å². The molecule has 18 heavy (non-hydrogen) atoms. The molecule has 1 atom stereocenters. The zero-order chi connectivity index (χ0) is 13.3. The fourth-order valence-electron chi connectivity index (χ4n) is 2.09. The van der Waals surface area contributed by atoms with Gasteiger partial charge in [-0.3, -0.25) is 14.9 Å². The second-order valence-corrected chi connectivity index (χ2v) is 4.57. The molecule has 1 heterocycles. The van der Waals surface area contributed by atoms with Crippen LogP contribution in [-0.4, -0.2) is 28.8 Å². The minimum atomic E-state index is -0.925. The molecule has 0 aliphatic carbocycles. The SMILES string of the molecule is CC1CCN(C(=O)c2ccc(F)c([N+](=O)[O-])c2)C1. The van der Waals surface area contributed by atoms with Crippen LogP contribution in [0.25, 0.3) is 0 Å². The van der Waals surface area contributed by atoms with Gasteiger partial charge in [0, 0.05) is 24.7 Å². The lowest BCUT2D eigenvalue weighted by atomic mass is 10.1. The number of carbonyl (C=O) groups excluding carboxylic acids is 1. The number of nitro groups is 1. The van der Waals surface area contributed by atoms with Crippen molar-refractivity contribution in [3.63, 3.8) is 0 Å². The van der Waals surface area contributed by atoms with Gasteiger partial charge in [-0.15, -0.1) is 0 Å². The van der Waals surface area contributed by atoms with E-state index in [1.807, 2.05) is 6.92 Å². The zero-order valence-electron chi connectivity index (χ0n) is 9.93. The number of rotatable bonds is 2. The van der Waals surface area contributed by atoms with Gasteiger partial charge in [0.25, 0.3) is 5.91 Å². The summed E-state index contributed by atoms with van der Waals surface area (Å²) >= 11 is 0. The Balaban J connectivity index is 2.26. The number of carbonyl (C=O) groups is 1. The fourth-order valence-corrected chi connectivity index (χ4v) is 2.09. The van der Waals surface area contributed by atoms with Gasteiger partial charge in [-0.05, 0) is 24.5 Å². The molecule has 6 heteroatoms. The molecule has 1 amide bonds. The van der Waals surface area contributed by atoms with Crippen LogP contribution in [0.2, 0.25) is 0 Å².